The van der Waals surface area contributed by atoms with Gasteiger partial charge in [-0.15, -0.1) is 0 Å². The second-order valence-corrected chi connectivity index (χ2v) is 4.64. The largest absolute Gasteiger partial charge is 0.468 e. The molecule has 1 aliphatic heterocycles. The fourth-order valence-corrected chi connectivity index (χ4v) is 2.11. The van der Waals surface area contributed by atoms with Crippen LogP contribution in [0.5, 0.6) is 0 Å². The number of hydrogen-bond acceptors (Lipinski definition) is 4. The number of hydrazine groups is 1. The first kappa shape index (κ1) is 12.6. The van der Waals surface area contributed by atoms with Crippen molar-refractivity contribution in [3.05, 3.63) is 33.8 Å². The molecule has 17 heavy (non-hydrogen) atoms. The summed E-state index contributed by atoms with van der Waals surface area (Å²) in [4.78, 5) is 11.3. The molecule has 1 aromatic carbocycles. The van der Waals surface area contributed by atoms with E-state index in [0.29, 0.717) is 16.5 Å². The third kappa shape index (κ3) is 2.72. The minimum atomic E-state index is -0.334. The van der Waals surface area contributed by atoms with E-state index in [1.165, 1.54) is 7.11 Å². The number of ether oxygens (including phenoxy) is 1. The Morgan fingerprint density at radius 2 is 2.12 bits per heavy atom. The third-order valence-electron chi connectivity index (χ3n) is 2.73. The summed E-state index contributed by atoms with van der Waals surface area (Å²) >= 11 is 11.8. The molecule has 1 aromatic rings. The molecular formula is C11H12Cl2N2O2. The molecule has 92 valence electrons. The van der Waals surface area contributed by atoms with Crippen LogP contribution < -0.4 is 10.9 Å². The molecule has 1 saturated heterocycles. The predicted molar refractivity (Wildman–Crippen MR) is 65.9 cm³/mol. The van der Waals surface area contributed by atoms with E-state index >= 15 is 0 Å². The predicted octanol–water partition coefficient (Wildman–Crippen LogP) is 2.07. The standard InChI is InChI=1S/C11H12Cl2N2O2/c1-17-11(16)10-5-9(14-15-10)6-2-3-7(12)8(13)4-6/h2-4,9-10,14-15H,5H2,1H3. The summed E-state index contributed by atoms with van der Waals surface area (Å²) < 4.78 is 4.67. The van der Waals surface area contributed by atoms with Crippen molar-refractivity contribution in [1.29, 1.82) is 0 Å². The van der Waals surface area contributed by atoms with E-state index in [2.05, 4.69) is 15.6 Å². The molecule has 0 saturated carbocycles. The van der Waals surface area contributed by atoms with Gasteiger partial charge in [0.25, 0.3) is 0 Å². The van der Waals surface area contributed by atoms with E-state index in [1.54, 1.807) is 12.1 Å². The van der Waals surface area contributed by atoms with Crippen LogP contribution in [-0.4, -0.2) is 19.1 Å². The maximum atomic E-state index is 11.3. The van der Waals surface area contributed by atoms with Gasteiger partial charge in [0.2, 0.25) is 0 Å². The molecule has 4 nitrogen and oxygen atoms in total. The molecule has 6 heteroatoms. The quantitative estimate of drug-likeness (QED) is 0.811. The summed E-state index contributed by atoms with van der Waals surface area (Å²) in [6, 6.07) is 5.11. The molecule has 0 bridgehead atoms. The molecule has 2 atom stereocenters. The second-order valence-electron chi connectivity index (χ2n) is 3.83. The molecule has 0 aliphatic carbocycles. The van der Waals surface area contributed by atoms with Crippen molar-refractivity contribution in [3.8, 4) is 0 Å². The van der Waals surface area contributed by atoms with Crippen LogP contribution in [0.1, 0.15) is 18.0 Å². The average Bonchev–Trinajstić information content (AvgIpc) is 2.81. The van der Waals surface area contributed by atoms with Gasteiger partial charge in [0.05, 0.1) is 17.2 Å². The fourth-order valence-electron chi connectivity index (χ4n) is 1.80. The summed E-state index contributed by atoms with van der Waals surface area (Å²) in [5.74, 6) is -0.278. The Morgan fingerprint density at radius 1 is 1.35 bits per heavy atom. The van der Waals surface area contributed by atoms with Crippen LogP contribution in [-0.2, 0) is 9.53 Å². The van der Waals surface area contributed by atoms with E-state index in [1.807, 2.05) is 6.07 Å². The molecule has 0 radical (unpaired) electrons. The summed E-state index contributed by atoms with van der Waals surface area (Å²) in [7, 11) is 1.37. The Hall–Kier alpha value is -0.810. The highest BCUT2D eigenvalue weighted by Gasteiger charge is 2.30. The van der Waals surface area contributed by atoms with Gasteiger partial charge in [-0.2, -0.15) is 0 Å². The lowest BCUT2D eigenvalue weighted by molar-refractivity contribution is -0.142. The zero-order valence-corrected chi connectivity index (χ0v) is 10.7. The van der Waals surface area contributed by atoms with Crippen molar-refractivity contribution < 1.29 is 9.53 Å². The van der Waals surface area contributed by atoms with E-state index in [9.17, 15) is 4.79 Å². The molecule has 2 rings (SSSR count). The van der Waals surface area contributed by atoms with Crippen molar-refractivity contribution in [1.82, 2.24) is 10.9 Å². The van der Waals surface area contributed by atoms with Gasteiger partial charge in [-0.3, -0.25) is 4.79 Å². The number of halogens is 2. The summed E-state index contributed by atoms with van der Waals surface area (Å²) in [6.45, 7) is 0. The number of carbonyl (C=O) groups is 1. The number of hydrogen-bond donors (Lipinski definition) is 2. The summed E-state index contributed by atoms with van der Waals surface area (Å²) in [6.07, 6.45) is 0.616. The van der Waals surface area contributed by atoms with E-state index < -0.39 is 0 Å². The highest BCUT2D eigenvalue weighted by atomic mass is 35.5. The van der Waals surface area contributed by atoms with Gasteiger partial charge in [0, 0.05) is 6.04 Å². The van der Waals surface area contributed by atoms with Gasteiger partial charge in [0.1, 0.15) is 6.04 Å². The molecule has 0 spiro atoms. The van der Waals surface area contributed by atoms with Crippen LogP contribution in [0.2, 0.25) is 10.0 Å². The number of methoxy groups -OCH3 is 1. The Bertz CT molecular complexity index is 439. The van der Waals surface area contributed by atoms with Crippen LogP contribution in [0.15, 0.2) is 18.2 Å². The monoisotopic (exact) mass is 274 g/mol. The zero-order valence-electron chi connectivity index (χ0n) is 9.17. The minimum absolute atomic E-state index is 0.0221. The van der Waals surface area contributed by atoms with Gasteiger partial charge >= 0.3 is 5.97 Å². The minimum Gasteiger partial charge on any atom is -0.468 e. The molecular weight excluding hydrogens is 263 g/mol. The van der Waals surface area contributed by atoms with Gasteiger partial charge < -0.3 is 4.74 Å². The molecule has 0 aromatic heterocycles. The number of rotatable bonds is 2. The van der Waals surface area contributed by atoms with Gasteiger partial charge in [-0.05, 0) is 24.1 Å². The lowest BCUT2D eigenvalue weighted by Gasteiger charge is -2.10. The Kier molecular flexibility index (Phi) is 3.89. The zero-order chi connectivity index (χ0) is 12.4. The topological polar surface area (TPSA) is 50.4 Å². The average molecular weight is 275 g/mol. The molecule has 1 aliphatic rings. The lowest BCUT2D eigenvalue weighted by atomic mass is 10.0. The van der Waals surface area contributed by atoms with Crippen molar-refractivity contribution in [3.63, 3.8) is 0 Å². The number of esters is 1. The van der Waals surface area contributed by atoms with Crippen LogP contribution in [0.25, 0.3) is 0 Å². The first-order valence-corrected chi connectivity index (χ1v) is 5.91. The normalized spacial score (nSPS) is 23.7. The van der Waals surface area contributed by atoms with Gasteiger partial charge in [0.15, 0.2) is 0 Å². The smallest absolute Gasteiger partial charge is 0.324 e. The first-order chi connectivity index (χ1) is 8.11. The van der Waals surface area contributed by atoms with Crippen molar-refractivity contribution in [2.45, 2.75) is 18.5 Å². The Morgan fingerprint density at radius 3 is 2.76 bits per heavy atom. The van der Waals surface area contributed by atoms with Crippen LogP contribution >= 0.6 is 23.2 Å². The molecule has 2 unspecified atom stereocenters. The first-order valence-electron chi connectivity index (χ1n) is 5.15. The molecule has 1 fully saturated rings. The molecule has 1 heterocycles. The number of carbonyl (C=O) groups excluding carboxylic acids is 1. The van der Waals surface area contributed by atoms with E-state index in [-0.39, 0.29) is 18.1 Å². The highest BCUT2D eigenvalue weighted by molar-refractivity contribution is 6.42. The fraction of sp³-hybridized carbons (Fsp3) is 0.364. The Labute approximate surface area is 109 Å². The van der Waals surface area contributed by atoms with Crippen molar-refractivity contribution >= 4 is 29.2 Å². The maximum Gasteiger partial charge on any atom is 0.324 e. The van der Waals surface area contributed by atoms with Gasteiger partial charge in [-0.1, -0.05) is 29.3 Å². The summed E-state index contributed by atoms with van der Waals surface area (Å²) in [5.41, 5.74) is 6.91. The van der Waals surface area contributed by atoms with Crippen LogP contribution in [0, 0.1) is 0 Å². The number of benzene rings is 1. The highest BCUT2D eigenvalue weighted by Crippen LogP contribution is 2.29. The van der Waals surface area contributed by atoms with E-state index in [4.69, 9.17) is 23.2 Å². The van der Waals surface area contributed by atoms with Crippen molar-refractivity contribution in [2.24, 2.45) is 0 Å². The van der Waals surface area contributed by atoms with Crippen LogP contribution in [0.3, 0.4) is 0 Å². The molecule has 0 amide bonds. The molecule has 2 N–H and O–H groups in total. The van der Waals surface area contributed by atoms with Crippen LogP contribution in [0.4, 0.5) is 0 Å². The van der Waals surface area contributed by atoms with E-state index in [0.717, 1.165) is 5.56 Å². The number of nitrogens with one attached hydrogen (secondary N) is 2. The van der Waals surface area contributed by atoms with Crippen molar-refractivity contribution in [2.75, 3.05) is 7.11 Å². The summed E-state index contributed by atoms with van der Waals surface area (Å²) in [5, 5.41) is 1.03. The lowest BCUT2D eigenvalue weighted by Crippen LogP contribution is -2.36. The second kappa shape index (κ2) is 5.23. The van der Waals surface area contributed by atoms with Gasteiger partial charge in [-0.25, -0.2) is 10.9 Å². The third-order valence-corrected chi connectivity index (χ3v) is 3.47. The Balaban J connectivity index is 2.10. The maximum absolute atomic E-state index is 11.3. The SMILES string of the molecule is COC(=O)C1CC(c2ccc(Cl)c(Cl)c2)NN1.